The lowest BCUT2D eigenvalue weighted by atomic mass is 9.79. The van der Waals surface area contributed by atoms with E-state index in [1.165, 1.54) is 6.33 Å². The summed E-state index contributed by atoms with van der Waals surface area (Å²) in [6.07, 6.45) is 1.99. The van der Waals surface area contributed by atoms with Crippen LogP contribution in [-0.4, -0.2) is 48.4 Å². The van der Waals surface area contributed by atoms with E-state index >= 15 is 0 Å². The fraction of sp³-hybridized carbons (Fsp3) is 0.600. The van der Waals surface area contributed by atoms with Gasteiger partial charge in [-0.2, -0.15) is 5.10 Å². The Labute approximate surface area is 153 Å². The standard InChI is InChI=1S/C15H21IN6O2/c1-15(2,3)9-6-8(4-5-21(9)14(23)24)22-13-10(11(16)20-22)12(17)18-7-19-13/h7-9H,4-6H2,1-3H3,(H,23,24)(H2,17,18,19). The molecule has 0 aromatic carbocycles. The second kappa shape index (κ2) is 6.01. The number of carboxylic acid groups (broad SMARTS) is 1. The molecule has 0 bridgehead atoms. The molecular formula is C15H21IN6O2. The first-order valence-corrected chi connectivity index (χ1v) is 8.91. The molecule has 1 saturated heterocycles. The third-order valence-electron chi connectivity index (χ3n) is 4.64. The van der Waals surface area contributed by atoms with E-state index in [-0.39, 0.29) is 17.5 Å². The molecule has 0 radical (unpaired) electrons. The van der Waals surface area contributed by atoms with Crippen molar-refractivity contribution in [2.24, 2.45) is 5.41 Å². The summed E-state index contributed by atoms with van der Waals surface area (Å²) in [5.41, 5.74) is 6.53. The average Bonchev–Trinajstić information content (AvgIpc) is 2.84. The Morgan fingerprint density at radius 3 is 2.75 bits per heavy atom. The molecule has 0 spiro atoms. The van der Waals surface area contributed by atoms with Gasteiger partial charge >= 0.3 is 6.09 Å². The van der Waals surface area contributed by atoms with Gasteiger partial charge in [0.1, 0.15) is 15.8 Å². The second-order valence-corrected chi connectivity index (χ2v) is 8.25. The van der Waals surface area contributed by atoms with Crippen molar-refractivity contribution in [3.63, 3.8) is 0 Å². The Kier molecular flexibility index (Phi) is 4.30. The third-order valence-corrected chi connectivity index (χ3v) is 5.40. The van der Waals surface area contributed by atoms with Gasteiger partial charge in [0.2, 0.25) is 0 Å². The van der Waals surface area contributed by atoms with Gasteiger partial charge in [-0.3, -0.25) is 0 Å². The summed E-state index contributed by atoms with van der Waals surface area (Å²) in [6.45, 7) is 6.70. The van der Waals surface area contributed by atoms with Crippen molar-refractivity contribution >= 4 is 45.5 Å². The molecule has 3 rings (SSSR count). The van der Waals surface area contributed by atoms with Crippen molar-refractivity contribution in [2.45, 2.75) is 45.7 Å². The molecule has 3 heterocycles. The highest BCUT2D eigenvalue weighted by atomic mass is 127. The normalized spacial score (nSPS) is 22.1. The molecule has 2 atom stereocenters. The number of nitrogen functional groups attached to an aromatic ring is 1. The van der Waals surface area contributed by atoms with Crippen LogP contribution in [0.3, 0.4) is 0 Å². The summed E-state index contributed by atoms with van der Waals surface area (Å²) in [7, 11) is 0. The van der Waals surface area contributed by atoms with Gasteiger partial charge in [-0.15, -0.1) is 0 Å². The largest absolute Gasteiger partial charge is 0.465 e. The number of piperidine rings is 1. The van der Waals surface area contributed by atoms with E-state index in [1.54, 1.807) is 4.90 Å². The predicted octanol–water partition coefficient (Wildman–Crippen LogP) is 2.74. The Balaban J connectivity index is 2.00. The van der Waals surface area contributed by atoms with Crippen molar-refractivity contribution < 1.29 is 9.90 Å². The molecule has 1 fully saturated rings. The van der Waals surface area contributed by atoms with Crippen molar-refractivity contribution in [2.75, 3.05) is 12.3 Å². The Morgan fingerprint density at radius 2 is 2.12 bits per heavy atom. The molecule has 1 aliphatic heterocycles. The molecule has 130 valence electrons. The summed E-state index contributed by atoms with van der Waals surface area (Å²) < 4.78 is 2.67. The summed E-state index contributed by atoms with van der Waals surface area (Å²) in [5, 5.41) is 14.9. The lowest BCUT2D eigenvalue weighted by Gasteiger charge is -2.44. The molecule has 1 amide bonds. The maximum Gasteiger partial charge on any atom is 0.407 e. The molecule has 0 aliphatic carbocycles. The maximum atomic E-state index is 11.6. The molecule has 24 heavy (non-hydrogen) atoms. The number of nitrogens with zero attached hydrogens (tertiary/aromatic N) is 5. The number of nitrogens with two attached hydrogens (primary N) is 1. The third kappa shape index (κ3) is 2.89. The van der Waals surface area contributed by atoms with E-state index in [1.807, 2.05) is 4.68 Å². The molecule has 1 aliphatic rings. The molecule has 8 nitrogen and oxygen atoms in total. The maximum absolute atomic E-state index is 11.6. The topological polar surface area (TPSA) is 110 Å². The van der Waals surface area contributed by atoms with E-state index in [0.717, 1.165) is 9.09 Å². The number of carbonyl (C=O) groups is 1. The van der Waals surface area contributed by atoms with Crippen LogP contribution in [0, 0.1) is 9.12 Å². The molecular weight excluding hydrogens is 423 g/mol. The smallest absolute Gasteiger partial charge is 0.407 e. The lowest BCUT2D eigenvalue weighted by molar-refractivity contribution is 0.0414. The van der Waals surface area contributed by atoms with Gasteiger partial charge in [-0.25, -0.2) is 19.4 Å². The Bertz CT molecular complexity index is 784. The van der Waals surface area contributed by atoms with Crippen LogP contribution in [0.1, 0.15) is 39.7 Å². The summed E-state index contributed by atoms with van der Waals surface area (Å²) in [4.78, 5) is 21.5. The van der Waals surface area contributed by atoms with Crippen LogP contribution in [0.2, 0.25) is 0 Å². The average molecular weight is 444 g/mol. The first kappa shape index (κ1) is 17.2. The van der Waals surface area contributed by atoms with Gasteiger partial charge in [-0.05, 0) is 40.8 Å². The van der Waals surface area contributed by atoms with Crippen molar-refractivity contribution in [1.82, 2.24) is 24.6 Å². The second-order valence-electron chi connectivity index (χ2n) is 7.23. The number of hydrogen-bond acceptors (Lipinski definition) is 5. The number of fused-ring (bicyclic) bond motifs is 1. The molecule has 2 aromatic rings. The first-order valence-electron chi connectivity index (χ1n) is 7.84. The number of amides is 1. The number of likely N-dealkylation sites (tertiary alicyclic amines) is 1. The zero-order chi connectivity index (χ0) is 17.6. The van der Waals surface area contributed by atoms with Gasteiger partial charge in [0.15, 0.2) is 5.65 Å². The van der Waals surface area contributed by atoms with Crippen molar-refractivity contribution in [3.8, 4) is 0 Å². The van der Waals surface area contributed by atoms with Gasteiger partial charge in [-0.1, -0.05) is 20.8 Å². The van der Waals surface area contributed by atoms with Gasteiger partial charge < -0.3 is 15.7 Å². The number of anilines is 1. The highest BCUT2D eigenvalue weighted by Gasteiger charge is 2.40. The van der Waals surface area contributed by atoms with Gasteiger partial charge in [0.05, 0.1) is 11.4 Å². The van der Waals surface area contributed by atoms with Crippen LogP contribution in [0.4, 0.5) is 10.6 Å². The highest BCUT2D eigenvalue weighted by Crippen LogP contribution is 2.38. The lowest BCUT2D eigenvalue weighted by Crippen LogP contribution is -2.51. The van der Waals surface area contributed by atoms with E-state index in [2.05, 4.69) is 58.4 Å². The van der Waals surface area contributed by atoms with Crippen molar-refractivity contribution in [3.05, 3.63) is 10.0 Å². The number of rotatable bonds is 1. The van der Waals surface area contributed by atoms with Crippen LogP contribution in [0.5, 0.6) is 0 Å². The quantitative estimate of drug-likeness (QED) is 0.655. The van der Waals surface area contributed by atoms with Gasteiger partial charge in [0, 0.05) is 12.6 Å². The predicted molar refractivity (Wildman–Crippen MR) is 98.7 cm³/mol. The molecule has 0 saturated carbocycles. The van der Waals surface area contributed by atoms with Crippen LogP contribution in [-0.2, 0) is 0 Å². The molecule has 3 N–H and O–H groups in total. The summed E-state index contributed by atoms with van der Waals surface area (Å²) >= 11 is 2.14. The van der Waals surface area contributed by atoms with E-state index in [4.69, 9.17) is 5.73 Å². The van der Waals surface area contributed by atoms with E-state index in [9.17, 15) is 9.90 Å². The van der Waals surface area contributed by atoms with E-state index in [0.29, 0.717) is 30.9 Å². The minimum Gasteiger partial charge on any atom is -0.465 e. The number of hydrogen-bond donors (Lipinski definition) is 2. The Morgan fingerprint density at radius 1 is 1.42 bits per heavy atom. The number of halogens is 1. The molecule has 9 heteroatoms. The van der Waals surface area contributed by atoms with Gasteiger partial charge in [0.25, 0.3) is 0 Å². The first-order chi connectivity index (χ1) is 11.2. The SMILES string of the molecule is CC(C)(C)C1CC(n2nc(I)c3c(N)ncnc32)CCN1C(=O)O. The fourth-order valence-corrected chi connectivity index (χ4v) is 4.18. The van der Waals surface area contributed by atoms with Crippen LogP contribution >= 0.6 is 22.6 Å². The zero-order valence-corrected chi connectivity index (χ0v) is 16.1. The van der Waals surface area contributed by atoms with Crippen molar-refractivity contribution in [1.29, 1.82) is 0 Å². The number of aromatic nitrogens is 4. The van der Waals surface area contributed by atoms with Crippen LogP contribution in [0.25, 0.3) is 11.0 Å². The summed E-state index contributed by atoms with van der Waals surface area (Å²) in [5.74, 6) is 0.422. The van der Waals surface area contributed by atoms with E-state index < -0.39 is 6.09 Å². The molecule has 2 aromatic heterocycles. The summed E-state index contributed by atoms with van der Waals surface area (Å²) in [6, 6.07) is 0.00925. The fourth-order valence-electron chi connectivity index (χ4n) is 3.43. The van der Waals surface area contributed by atoms with Crippen LogP contribution in [0.15, 0.2) is 6.33 Å². The van der Waals surface area contributed by atoms with Crippen LogP contribution < -0.4 is 5.73 Å². The minimum atomic E-state index is -0.861. The Hall–Kier alpha value is -1.65. The zero-order valence-electron chi connectivity index (χ0n) is 13.9. The highest BCUT2D eigenvalue weighted by molar-refractivity contribution is 14.1. The molecule has 2 unspecified atom stereocenters. The minimum absolute atomic E-state index is 0.0788. The monoisotopic (exact) mass is 444 g/mol.